The predicted octanol–water partition coefficient (Wildman–Crippen LogP) is 5.05. The average molecular weight is 418 g/mol. The minimum atomic E-state index is -0.430. The van der Waals surface area contributed by atoms with Gasteiger partial charge < -0.3 is 9.88 Å². The van der Waals surface area contributed by atoms with Crippen LogP contribution in [-0.2, 0) is 0 Å². The van der Waals surface area contributed by atoms with Gasteiger partial charge in [0.2, 0.25) is 0 Å². The number of hydrogen-bond donors (Lipinski definition) is 2. The van der Waals surface area contributed by atoms with Crippen molar-refractivity contribution in [2.24, 2.45) is 5.10 Å². The number of carbonyl (C=O) groups excluding carboxylic acids is 1. The summed E-state index contributed by atoms with van der Waals surface area (Å²) in [5.41, 5.74) is 4.91. The van der Waals surface area contributed by atoms with Gasteiger partial charge in [-0.1, -0.05) is 27.5 Å². The molecule has 0 atom stereocenters. The van der Waals surface area contributed by atoms with E-state index >= 15 is 0 Å². The quantitative estimate of drug-likeness (QED) is 0.453. The molecule has 0 aliphatic rings. The first-order valence-electron chi connectivity index (χ1n) is 7.41. The van der Waals surface area contributed by atoms with Crippen molar-refractivity contribution < 1.29 is 4.79 Å². The number of hydrazone groups is 1. The summed E-state index contributed by atoms with van der Waals surface area (Å²) in [6.07, 6.45) is 3.52. The van der Waals surface area contributed by atoms with E-state index in [1.165, 1.54) is 0 Å². The maximum Gasteiger partial charge on any atom is 0.339 e. The lowest BCUT2D eigenvalue weighted by atomic mass is 10.3. The summed E-state index contributed by atoms with van der Waals surface area (Å²) in [4.78, 5) is 11.8. The molecule has 5 nitrogen and oxygen atoms in total. The van der Waals surface area contributed by atoms with Gasteiger partial charge in [-0.05, 0) is 60.7 Å². The lowest BCUT2D eigenvalue weighted by Gasteiger charge is -2.06. The summed E-state index contributed by atoms with van der Waals surface area (Å²) in [6, 6.07) is 18.1. The van der Waals surface area contributed by atoms with Crippen LogP contribution in [0.5, 0.6) is 0 Å². The van der Waals surface area contributed by atoms with Gasteiger partial charge in [-0.25, -0.2) is 10.2 Å². The van der Waals surface area contributed by atoms with Gasteiger partial charge in [-0.2, -0.15) is 5.10 Å². The smallest absolute Gasteiger partial charge is 0.316 e. The first-order chi connectivity index (χ1) is 12.1. The van der Waals surface area contributed by atoms with E-state index in [2.05, 4.69) is 31.8 Å². The Balaban J connectivity index is 1.63. The van der Waals surface area contributed by atoms with Gasteiger partial charge in [0.05, 0.1) is 11.9 Å². The van der Waals surface area contributed by atoms with Gasteiger partial charge in [-0.15, -0.1) is 0 Å². The normalized spacial score (nSPS) is 10.8. The topological polar surface area (TPSA) is 58.4 Å². The second kappa shape index (κ2) is 8.00. The van der Waals surface area contributed by atoms with Gasteiger partial charge in [0, 0.05) is 27.1 Å². The lowest BCUT2D eigenvalue weighted by molar-refractivity contribution is 0.252. The molecule has 1 aromatic heterocycles. The molecule has 25 heavy (non-hydrogen) atoms. The third-order valence-corrected chi connectivity index (χ3v) is 4.13. The summed E-state index contributed by atoms with van der Waals surface area (Å²) in [5.74, 6) is 0. The Hall–Kier alpha value is -2.57. The Bertz CT molecular complexity index is 888. The number of rotatable bonds is 4. The number of amides is 2. The SMILES string of the molecule is O=C(N/N=C/c1cccn1-c1ccc(Br)cc1)Nc1ccc(Cl)cc1. The largest absolute Gasteiger partial charge is 0.339 e. The van der Waals surface area contributed by atoms with Crippen LogP contribution in [0.15, 0.2) is 76.4 Å². The molecule has 2 amide bonds. The van der Waals surface area contributed by atoms with Crippen molar-refractivity contribution in [3.63, 3.8) is 0 Å². The Morgan fingerprint density at radius 2 is 1.80 bits per heavy atom. The van der Waals surface area contributed by atoms with Crippen LogP contribution in [0.25, 0.3) is 5.69 Å². The minimum Gasteiger partial charge on any atom is -0.316 e. The number of urea groups is 1. The molecule has 0 saturated heterocycles. The van der Waals surface area contributed by atoms with Gasteiger partial charge in [0.25, 0.3) is 0 Å². The molecule has 0 fully saturated rings. The molecule has 2 aromatic carbocycles. The van der Waals surface area contributed by atoms with Gasteiger partial charge in [0.1, 0.15) is 0 Å². The number of carbonyl (C=O) groups is 1. The fourth-order valence-electron chi connectivity index (χ4n) is 2.19. The van der Waals surface area contributed by atoms with Crippen LogP contribution in [-0.4, -0.2) is 16.8 Å². The Kier molecular flexibility index (Phi) is 5.53. The van der Waals surface area contributed by atoms with E-state index in [1.54, 1.807) is 30.5 Å². The van der Waals surface area contributed by atoms with Crippen molar-refractivity contribution in [2.75, 3.05) is 5.32 Å². The zero-order valence-electron chi connectivity index (χ0n) is 13.0. The third kappa shape index (κ3) is 4.71. The van der Waals surface area contributed by atoms with Crippen LogP contribution < -0.4 is 10.7 Å². The Morgan fingerprint density at radius 3 is 2.52 bits per heavy atom. The molecule has 0 aliphatic carbocycles. The molecule has 0 unspecified atom stereocenters. The number of aromatic nitrogens is 1. The molecular weight excluding hydrogens is 404 g/mol. The summed E-state index contributed by atoms with van der Waals surface area (Å²) in [5, 5.41) is 7.26. The van der Waals surface area contributed by atoms with Crippen LogP contribution in [0.1, 0.15) is 5.69 Å². The molecule has 0 saturated carbocycles. The standard InChI is InChI=1S/C18H14BrClN4O/c19-13-3-9-16(10-4-13)24-11-1-2-17(24)12-21-23-18(25)22-15-7-5-14(20)6-8-15/h1-12H,(H2,22,23,25)/b21-12+. The Labute approximate surface area is 158 Å². The highest BCUT2D eigenvalue weighted by molar-refractivity contribution is 9.10. The number of halogens is 2. The summed E-state index contributed by atoms with van der Waals surface area (Å²) >= 11 is 9.22. The van der Waals surface area contributed by atoms with E-state index in [9.17, 15) is 4.79 Å². The van der Waals surface area contributed by atoms with Crippen molar-refractivity contribution in [1.29, 1.82) is 0 Å². The van der Waals surface area contributed by atoms with Crippen molar-refractivity contribution in [3.8, 4) is 5.69 Å². The maximum atomic E-state index is 11.8. The maximum absolute atomic E-state index is 11.8. The zero-order chi connectivity index (χ0) is 17.6. The molecule has 7 heteroatoms. The fourth-order valence-corrected chi connectivity index (χ4v) is 2.58. The molecule has 1 heterocycles. The fraction of sp³-hybridized carbons (Fsp3) is 0. The first-order valence-corrected chi connectivity index (χ1v) is 8.58. The molecule has 0 radical (unpaired) electrons. The van der Waals surface area contributed by atoms with Crippen molar-refractivity contribution in [2.45, 2.75) is 0 Å². The highest BCUT2D eigenvalue weighted by Crippen LogP contribution is 2.16. The van der Waals surface area contributed by atoms with E-state index in [0.717, 1.165) is 15.9 Å². The van der Waals surface area contributed by atoms with E-state index in [-0.39, 0.29) is 0 Å². The van der Waals surface area contributed by atoms with E-state index in [0.29, 0.717) is 10.7 Å². The minimum absolute atomic E-state index is 0.430. The number of benzene rings is 2. The van der Waals surface area contributed by atoms with Crippen molar-refractivity contribution in [1.82, 2.24) is 9.99 Å². The summed E-state index contributed by atoms with van der Waals surface area (Å²) < 4.78 is 2.98. The van der Waals surface area contributed by atoms with E-state index in [4.69, 9.17) is 11.6 Å². The van der Waals surface area contributed by atoms with Crippen LogP contribution in [0.4, 0.5) is 10.5 Å². The van der Waals surface area contributed by atoms with Crippen LogP contribution in [0, 0.1) is 0 Å². The van der Waals surface area contributed by atoms with Crippen LogP contribution in [0.3, 0.4) is 0 Å². The summed E-state index contributed by atoms with van der Waals surface area (Å²) in [6.45, 7) is 0. The van der Waals surface area contributed by atoms with Gasteiger partial charge in [0.15, 0.2) is 0 Å². The van der Waals surface area contributed by atoms with Crippen LogP contribution >= 0.6 is 27.5 Å². The van der Waals surface area contributed by atoms with Crippen LogP contribution in [0.2, 0.25) is 5.02 Å². The number of nitrogens with one attached hydrogen (secondary N) is 2. The van der Waals surface area contributed by atoms with E-state index < -0.39 is 6.03 Å². The average Bonchev–Trinajstić information content (AvgIpc) is 3.06. The molecule has 2 N–H and O–H groups in total. The van der Waals surface area contributed by atoms with Gasteiger partial charge in [-0.3, -0.25) is 0 Å². The first kappa shape index (κ1) is 17.3. The number of hydrogen-bond acceptors (Lipinski definition) is 2. The zero-order valence-corrected chi connectivity index (χ0v) is 15.3. The lowest BCUT2D eigenvalue weighted by Crippen LogP contribution is -2.24. The molecule has 0 aliphatic heterocycles. The van der Waals surface area contributed by atoms with E-state index in [1.807, 2.05) is 47.2 Å². The Morgan fingerprint density at radius 1 is 1.08 bits per heavy atom. The molecule has 3 rings (SSSR count). The molecule has 0 spiro atoms. The number of anilines is 1. The van der Waals surface area contributed by atoms with Crippen molar-refractivity contribution >= 4 is 45.5 Å². The van der Waals surface area contributed by atoms with Crippen molar-refractivity contribution in [3.05, 3.63) is 82.0 Å². The molecule has 126 valence electrons. The summed E-state index contributed by atoms with van der Waals surface area (Å²) in [7, 11) is 0. The molecule has 0 bridgehead atoms. The molecule has 3 aromatic rings. The third-order valence-electron chi connectivity index (χ3n) is 3.35. The second-order valence-electron chi connectivity index (χ2n) is 5.11. The highest BCUT2D eigenvalue weighted by Gasteiger charge is 2.02. The predicted molar refractivity (Wildman–Crippen MR) is 105 cm³/mol. The second-order valence-corrected chi connectivity index (χ2v) is 6.46. The van der Waals surface area contributed by atoms with Gasteiger partial charge >= 0.3 is 6.03 Å². The molecular formula is C18H14BrClN4O. The highest BCUT2D eigenvalue weighted by atomic mass is 79.9. The number of nitrogens with zero attached hydrogens (tertiary/aromatic N) is 2. The monoisotopic (exact) mass is 416 g/mol.